The van der Waals surface area contributed by atoms with E-state index in [2.05, 4.69) is 10.3 Å². The number of pyridine rings is 1. The molecule has 0 aliphatic rings. The highest BCUT2D eigenvalue weighted by atomic mass is 16.5. The molecule has 1 heterocycles. The quantitative estimate of drug-likeness (QED) is 0.385. The summed E-state index contributed by atoms with van der Waals surface area (Å²) in [7, 11) is 0. The van der Waals surface area contributed by atoms with Crippen LogP contribution in [-0.2, 0) is 4.79 Å². The zero-order valence-corrected chi connectivity index (χ0v) is 10.6. The second-order valence-electron chi connectivity index (χ2n) is 4.09. The third kappa shape index (κ3) is 6.14. The summed E-state index contributed by atoms with van der Waals surface area (Å²) < 4.78 is 5.38. The van der Waals surface area contributed by atoms with Gasteiger partial charge in [0.1, 0.15) is 12.4 Å². The Balaban J connectivity index is 2.29. The van der Waals surface area contributed by atoms with Gasteiger partial charge in [-0.25, -0.2) is 0 Å². The van der Waals surface area contributed by atoms with Crippen LogP contribution in [0.4, 0.5) is 0 Å². The number of aromatic nitrogens is 1. The molecule has 0 aliphatic heterocycles. The summed E-state index contributed by atoms with van der Waals surface area (Å²) >= 11 is 0. The summed E-state index contributed by atoms with van der Waals surface area (Å²) in [6, 6.07) is 2.91. The van der Waals surface area contributed by atoms with E-state index in [9.17, 15) is 4.79 Å². The third-order valence-electron chi connectivity index (χ3n) is 2.36. The lowest BCUT2D eigenvalue weighted by Crippen LogP contribution is -2.32. The molecular weight excluding hydrogens is 252 g/mol. The molecule has 0 radical (unpaired) electrons. The smallest absolute Gasteiger partial charge is 0.304 e. The molecule has 4 N–H and O–H groups in total. The van der Waals surface area contributed by atoms with Crippen molar-refractivity contribution in [3.63, 3.8) is 0 Å². The van der Waals surface area contributed by atoms with Gasteiger partial charge < -0.3 is 25.4 Å². The van der Waals surface area contributed by atoms with Crippen molar-refractivity contribution in [2.45, 2.75) is 25.7 Å². The first-order valence-electron chi connectivity index (χ1n) is 5.89. The molecule has 0 bridgehead atoms. The van der Waals surface area contributed by atoms with Crippen LogP contribution in [0.3, 0.4) is 0 Å². The molecule has 0 saturated carbocycles. The minimum atomic E-state index is -1.63. The van der Waals surface area contributed by atoms with Crippen molar-refractivity contribution in [3.05, 3.63) is 24.0 Å². The predicted octanol–water partition coefficient (Wildman–Crippen LogP) is -0.104. The number of carboxylic acids is 1. The standard InChI is InChI=1S/C12H18N2O5/c1-8(6-11(15)16)13-4-5-19-9-2-3-14-10(7-9)12(17)18/h2-3,7-8,12-13,17-18H,4-6H2,1H3,(H,15,16). The molecule has 106 valence electrons. The number of aliphatic carboxylic acids is 1. The molecule has 7 heteroatoms. The maximum Gasteiger partial charge on any atom is 0.304 e. The number of aliphatic hydroxyl groups is 2. The van der Waals surface area contributed by atoms with Gasteiger partial charge in [-0.2, -0.15) is 0 Å². The average Bonchev–Trinajstić information content (AvgIpc) is 2.34. The molecule has 1 aromatic heterocycles. The highest BCUT2D eigenvalue weighted by Gasteiger charge is 2.07. The van der Waals surface area contributed by atoms with Gasteiger partial charge in [0.2, 0.25) is 0 Å². The SMILES string of the molecule is CC(CC(=O)O)NCCOc1ccnc(C(O)O)c1. The van der Waals surface area contributed by atoms with Crippen LogP contribution < -0.4 is 10.1 Å². The maximum atomic E-state index is 10.4. The number of ether oxygens (including phenoxy) is 1. The molecule has 0 amide bonds. The van der Waals surface area contributed by atoms with Crippen molar-refractivity contribution < 1.29 is 24.9 Å². The normalized spacial score (nSPS) is 12.4. The van der Waals surface area contributed by atoms with E-state index in [1.807, 2.05) is 0 Å². The zero-order chi connectivity index (χ0) is 14.3. The third-order valence-corrected chi connectivity index (χ3v) is 2.36. The molecule has 0 fully saturated rings. The number of carboxylic acid groups (broad SMARTS) is 1. The Morgan fingerprint density at radius 1 is 1.53 bits per heavy atom. The van der Waals surface area contributed by atoms with E-state index in [1.54, 1.807) is 13.0 Å². The lowest BCUT2D eigenvalue weighted by atomic mass is 10.2. The van der Waals surface area contributed by atoms with Gasteiger partial charge in [0.25, 0.3) is 0 Å². The van der Waals surface area contributed by atoms with Crippen LogP contribution >= 0.6 is 0 Å². The van der Waals surface area contributed by atoms with Crippen LogP contribution in [-0.4, -0.2) is 45.5 Å². The summed E-state index contributed by atoms with van der Waals surface area (Å²) in [5, 5.41) is 29.5. The average molecular weight is 270 g/mol. The van der Waals surface area contributed by atoms with Crippen LogP contribution in [0.5, 0.6) is 5.75 Å². The van der Waals surface area contributed by atoms with Gasteiger partial charge in [0.05, 0.1) is 12.1 Å². The lowest BCUT2D eigenvalue weighted by molar-refractivity contribution is -0.137. The monoisotopic (exact) mass is 270 g/mol. The summed E-state index contributed by atoms with van der Waals surface area (Å²) in [5.41, 5.74) is 0.115. The minimum absolute atomic E-state index is 0.0517. The molecule has 7 nitrogen and oxygen atoms in total. The summed E-state index contributed by atoms with van der Waals surface area (Å²) in [6.07, 6.45) is -0.155. The molecule has 0 aliphatic carbocycles. The van der Waals surface area contributed by atoms with Gasteiger partial charge in [0.15, 0.2) is 6.29 Å². The fourth-order valence-corrected chi connectivity index (χ4v) is 1.47. The van der Waals surface area contributed by atoms with Gasteiger partial charge in [-0.05, 0) is 13.0 Å². The van der Waals surface area contributed by atoms with Gasteiger partial charge in [-0.15, -0.1) is 0 Å². The molecule has 19 heavy (non-hydrogen) atoms. The van der Waals surface area contributed by atoms with Crippen molar-refractivity contribution in [3.8, 4) is 5.75 Å². The summed E-state index contributed by atoms with van der Waals surface area (Å²) in [4.78, 5) is 14.2. The van der Waals surface area contributed by atoms with Gasteiger partial charge in [-0.3, -0.25) is 9.78 Å². The number of nitrogens with one attached hydrogen (secondary N) is 1. The number of hydrogen-bond donors (Lipinski definition) is 4. The Hall–Kier alpha value is -1.70. The van der Waals surface area contributed by atoms with Crippen LogP contribution in [0.2, 0.25) is 0 Å². The van der Waals surface area contributed by atoms with E-state index in [-0.39, 0.29) is 18.2 Å². The van der Waals surface area contributed by atoms with Crippen molar-refractivity contribution >= 4 is 5.97 Å². The summed E-state index contributed by atoms with van der Waals surface area (Å²) in [6.45, 7) is 2.61. The highest BCUT2D eigenvalue weighted by molar-refractivity contribution is 5.67. The lowest BCUT2D eigenvalue weighted by Gasteiger charge is -2.12. The number of hydrogen-bond acceptors (Lipinski definition) is 6. The molecule has 1 rings (SSSR count). The molecule has 0 saturated heterocycles. The van der Waals surface area contributed by atoms with Gasteiger partial charge >= 0.3 is 5.97 Å². The first kappa shape index (κ1) is 15.4. The fraction of sp³-hybridized carbons (Fsp3) is 0.500. The van der Waals surface area contributed by atoms with Crippen molar-refractivity contribution in [1.29, 1.82) is 0 Å². The molecule has 0 spiro atoms. The van der Waals surface area contributed by atoms with Crippen LogP contribution in [0.15, 0.2) is 18.3 Å². The number of rotatable bonds is 8. The van der Waals surface area contributed by atoms with Crippen molar-refractivity contribution in [1.82, 2.24) is 10.3 Å². The topological polar surface area (TPSA) is 112 Å². The Morgan fingerprint density at radius 2 is 2.26 bits per heavy atom. The summed E-state index contributed by atoms with van der Waals surface area (Å²) in [5.74, 6) is -0.373. The maximum absolute atomic E-state index is 10.4. The Labute approximate surface area is 110 Å². The number of nitrogens with zero attached hydrogens (tertiary/aromatic N) is 1. The van der Waals surface area contributed by atoms with Crippen LogP contribution in [0, 0.1) is 0 Å². The Kier molecular flexibility index (Phi) is 6.20. The molecule has 1 atom stereocenters. The van der Waals surface area contributed by atoms with E-state index < -0.39 is 12.3 Å². The molecular formula is C12H18N2O5. The second kappa shape index (κ2) is 7.67. The van der Waals surface area contributed by atoms with Crippen LogP contribution in [0.25, 0.3) is 0 Å². The number of aliphatic hydroxyl groups excluding tert-OH is 1. The van der Waals surface area contributed by atoms with E-state index >= 15 is 0 Å². The molecule has 1 unspecified atom stereocenters. The highest BCUT2D eigenvalue weighted by Crippen LogP contribution is 2.14. The Morgan fingerprint density at radius 3 is 2.89 bits per heavy atom. The number of carbonyl (C=O) groups is 1. The van der Waals surface area contributed by atoms with Gasteiger partial charge in [-0.1, -0.05) is 0 Å². The van der Waals surface area contributed by atoms with Crippen molar-refractivity contribution in [2.24, 2.45) is 0 Å². The first-order valence-corrected chi connectivity index (χ1v) is 5.89. The van der Waals surface area contributed by atoms with E-state index in [4.69, 9.17) is 20.1 Å². The van der Waals surface area contributed by atoms with Crippen LogP contribution in [0.1, 0.15) is 25.3 Å². The largest absolute Gasteiger partial charge is 0.492 e. The fourth-order valence-electron chi connectivity index (χ4n) is 1.47. The Bertz CT molecular complexity index is 411. The molecule has 1 aromatic rings. The van der Waals surface area contributed by atoms with Gasteiger partial charge in [0, 0.05) is 24.8 Å². The van der Waals surface area contributed by atoms with E-state index in [0.717, 1.165) is 0 Å². The minimum Gasteiger partial charge on any atom is -0.492 e. The van der Waals surface area contributed by atoms with E-state index in [0.29, 0.717) is 18.9 Å². The van der Waals surface area contributed by atoms with Crippen molar-refractivity contribution in [2.75, 3.05) is 13.2 Å². The zero-order valence-electron chi connectivity index (χ0n) is 10.6. The predicted molar refractivity (Wildman–Crippen MR) is 66.6 cm³/mol. The first-order chi connectivity index (χ1) is 8.99. The molecule has 0 aromatic carbocycles. The second-order valence-corrected chi connectivity index (χ2v) is 4.09. The van der Waals surface area contributed by atoms with E-state index in [1.165, 1.54) is 12.3 Å².